The summed E-state index contributed by atoms with van der Waals surface area (Å²) in [5.74, 6) is 0. The molecule has 1 aromatic heterocycles. The SMILES string of the molecule is C=Cc1cscc1C=C. The Morgan fingerprint density at radius 2 is 1.56 bits per heavy atom. The van der Waals surface area contributed by atoms with Crippen molar-refractivity contribution in [1.82, 2.24) is 0 Å². The van der Waals surface area contributed by atoms with Crippen molar-refractivity contribution in [1.29, 1.82) is 0 Å². The first-order valence-corrected chi connectivity index (χ1v) is 3.64. The maximum absolute atomic E-state index is 3.67. The molecular weight excluding hydrogens is 128 g/mol. The smallest absolute Gasteiger partial charge is 0.00147 e. The van der Waals surface area contributed by atoms with Gasteiger partial charge in [-0.1, -0.05) is 25.3 Å². The standard InChI is InChI=1S/C8H8S/c1-3-7-5-9-6-8(7)4-2/h3-6H,1-2H2. The van der Waals surface area contributed by atoms with Crippen molar-refractivity contribution in [3.05, 3.63) is 35.0 Å². The molecular formula is C8H8S. The van der Waals surface area contributed by atoms with Gasteiger partial charge >= 0.3 is 0 Å². The van der Waals surface area contributed by atoms with Gasteiger partial charge in [0.05, 0.1) is 0 Å². The zero-order chi connectivity index (χ0) is 6.69. The first-order chi connectivity index (χ1) is 4.38. The van der Waals surface area contributed by atoms with E-state index < -0.39 is 0 Å². The fourth-order valence-corrected chi connectivity index (χ4v) is 1.47. The van der Waals surface area contributed by atoms with E-state index in [1.54, 1.807) is 11.3 Å². The van der Waals surface area contributed by atoms with Crippen LogP contribution in [0.4, 0.5) is 0 Å². The second-order valence-corrected chi connectivity index (χ2v) is 2.43. The summed E-state index contributed by atoms with van der Waals surface area (Å²) in [6.07, 6.45) is 3.68. The summed E-state index contributed by atoms with van der Waals surface area (Å²) in [6, 6.07) is 0. The van der Waals surface area contributed by atoms with Crippen LogP contribution in [0.5, 0.6) is 0 Å². The topological polar surface area (TPSA) is 0 Å². The number of thiophene rings is 1. The van der Waals surface area contributed by atoms with Crippen LogP contribution < -0.4 is 0 Å². The van der Waals surface area contributed by atoms with Gasteiger partial charge in [-0.15, -0.1) is 0 Å². The van der Waals surface area contributed by atoms with Crippen molar-refractivity contribution in [3.8, 4) is 0 Å². The third-order valence-corrected chi connectivity index (χ3v) is 1.94. The van der Waals surface area contributed by atoms with Gasteiger partial charge in [-0.25, -0.2) is 0 Å². The van der Waals surface area contributed by atoms with Crippen molar-refractivity contribution in [2.24, 2.45) is 0 Å². The molecule has 0 aliphatic heterocycles. The van der Waals surface area contributed by atoms with Gasteiger partial charge in [-0.2, -0.15) is 11.3 Å². The zero-order valence-corrected chi connectivity index (χ0v) is 5.95. The average molecular weight is 136 g/mol. The predicted molar refractivity (Wildman–Crippen MR) is 44.5 cm³/mol. The molecule has 0 aliphatic carbocycles. The van der Waals surface area contributed by atoms with Crippen molar-refractivity contribution in [3.63, 3.8) is 0 Å². The van der Waals surface area contributed by atoms with E-state index in [0.29, 0.717) is 0 Å². The van der Waals surface area contributed by atoms with E-state index in [-0.39, 0.29) is 0 Å². The Morgan fingerprint density at radius 3 is 1.89 bits per heavy atom. The Morgan fingerprint density at radius 1 is 1.11 bits per heavy atom. The number of hydrogen-bond acceptors (Lipinski definition) is 1. The maximum atomic E-state index is 3.67. The molecule has 46 valence electrons. The van der Waals surface area contributed by atoms with Crippen LogP contribution in [0, 0.1) is 0 Å². The van der Waals surface area contributed by atoms with Crippen molar-refractivity contribution < 1.29 is 0 Å². The molecule has 0 amide bonds. The molecule has 0 fully saturated rings. The molecule has 0 bridgehead atoms. The summed E-state index contributed by atoms with van der Waals surface area (Å²) < 4.78 is 0. The van der Waals surface area contributed by atoms with Gasteiger partial charge in [-0.3, -0.25) is 0 Å². The van der Waals surface area contributed by atoms with Crippen LogP contribution in [0.15, 0.2) is 23.9 Å². The fraction of sp³-hybridized carbons (Fsp3) is 0. The van der Waals surface area contributed by atoms with Gasteiger partial charge in [0.25, 0.3) is 0 Å². The molecule has 0 nitrogen and oxygen atoms in total. The minimum absolute atomic E-state index is 1.18. The molecule has 0 radical (unpaired) electrons. The Kier molecular flexibility index (Phi) is 1.85. The Labute approximate surface area is 59.2 Å². The monoisotopic (exact) mass is 136 g/mol. The molecule has 0 N–H and O–H groups in total. The van der Waals surface area contributed by atoms with E-state index in [0.717, 1.165) is 0 Å². The third-order valence-electron chi connectivity index (χ3n) is 1.16. The van der Waals surface area contributed by atoms with E-state index in [2.05, 4.69) is 23.9 Å². The van der Waals surface area contributed by atoms with Gasteiger partial charge in [0.15, 0.2) is 0 Å². The first kappa shape index (κ1) is 6.30. The molecule has 1 heteroatoms. The minimum atomic E-state index is 1.18. The van der Waals surface area contributed by atoms with Gasteiger partial charge in [0.1, 0.15) is 0 Å². The molecule has 0 saturated heterocycles. The minimum Gasteiger partial charge on any atom is -0.151 e. The summed E-state index contributed by atoms with van der Waals surface area (Å²) >= 11 is 1.67. The summed E-state index contributed by atoms with van der Waals surface area (Å²) in [5, 5.41) is 4.12. The molecule has 0 spiro atoms. The first-order valence-electron chi connectivity index (χ1n) is 2.69. The molecule has 0 aromatic carbocycles. The van der Waals surface area contributed by atoms with Gasteiger partial charge < -0.3 is 0 Å². The number of rotatable bonds is 2. The second kappa shape index (κ2) is 2.65. The van der Waals surface area contributed by atoms with Crippen LogP contribution in [0.3, 0.4) is 0 Å². The van der Waals surface area contributed by atoms with Crippen LogP contribution >= 0.6 is 11.3 Å². The lowest BCUT2D eigenvalue weighted by Crippen LogP contribution is -1.66. The fourth-order valence-electron chi connectivity index (χ4n) is 0.649. The lowest BCUT2D eigenvalue weighted by Gasteiger charge is -1.85. The zero-order valence-electron chi connectivity index (χ0n) is 5.13. The van der Waals surface area contributed by atoms with Crippen molar-refractivity contribution in [2.45, 2.75) is 0 Å². The molecule has 1 aromatic rings. The highest BCUT2D eigenvalue weighted by Gasteiger charge is 1.92. The van der Waals surface area contributed by atoms with Crippen molar-refractivity contribution >= 4 is 23.5 Å². The largest absolute Gasteiger partial charge is 0.151 e. The third kappa shape index (κ3) is 1.11. The highest BCUT2D eigenvalue weighted by molar-refractivity contribution is 7.08. The Hall–Kier alpha value is -0.820. The number of hydrogen-bond donors (Lipinski definition) is 0. The van der Waals surface area contributed by atoms with E-state index >= 15 is 0 Å². The molecule has 1 heterocycles. The molecule has 9 heavy (non-hydrogen) atoms. The van der Waals surface area contributed by atoms with E-state index in [1.165, 1.54) is 11.1 Å². The second-order valence-electron chi connectivity index (χ2n) is 1.69. The van der Waals surface area contributed by atoms with Crippen LogP contribution in [-0.4, -0.2) is 0 Å². The predicted octanol–water partition coefficient (Wildman–Crippen LogP) is 3.03. The lowest BCUT2D eigenvalue weighted by molar-refractivity contribution is 1.81. The molecule has 0 saturated carbocycles. The molecule has 0 aliphatic rings. The van der Waals surface area contributed by atoms with Crippen LogP contribution in [-0.2, 0) is 0 Å². The summed E-state index contributed by atoms with van der Waals surface area (Å²) in [7, 11) is 0. The lowest BCUT2D eigenvalue weighted by atomic mass is 10.2. The summed E-state index contributed by atoms with van der Waals surface area (Å²) in [5.41, 5.74) is 2.35. The molecule has 0 atom stereocenters. The summed E-state index contributed by atoms with van der Waals surface area (Å²) in [4.78, 5) is 0. The van der Waals surface area contributed by atoms with Crippen LogP contribution in [0.25, 0.3) is 12.2 Å². The Bertz CT molecular complexity index is 198. The molecule has 1 rings (SSSR count). The van der Waals surface area contributed by atoms with E-state index in [1.807, 2.05) is 12.2 Å². The van der Waals surface area contributed by atoms with Crippen molar-refractivity contribution in [2.75, 3.05) is 0 Å². The summed E-state index contributed by atoms with van der Waals surface area (Å²) in [6.45, 7) is 7.34. The quantitative estimate of drug-likeness (QED) is 0.586. The Balaban J connectivity index is 3.12. The van der Waals surface area contributed by atoms with E-state index in [9.17, 15) is 0 Å². The van der Waals surface area contributed by atoms with Crippen LogP contribution in [0.1, 0.15) is 11.1 Å². The molecule has 0 unspecified atom stereocenters. The van der Waals surface area contributed by atoms with Gasteiger partial charge in [0, 0.05) is 0 Å². The van der Waals surface area contributed by atoms with E-state index in [4.69, 9.17) is 0 Å². The van der Waals surface area contributed by atoms with Crippen LogP contribution in [0.2, 0.25) is 0 Å². The highest BCUT2D eigenvalue weighted by atomic mass is 32.1. The van der Waals surface area contributed by atoms with Gasteiger partial charge in [-0.05, 0) is 21.9 Å². The highest BCUT2D eigenvalue weighted by Crippen LogP contribution is 2.16. The average Bonchev–Trinajstić information content (AvgIpc) is 2.33. The maximum Gasteiger partial charge on any atom is -0.00147 e. The normalized spacial score (nSPS) is 8.89. The van der Waals surface area contributed by atoms with Gasteiger partial charge in [0.2, 0.25) is 0 Å².